The maximum Gasteiger partial charge on any atom is 0.231 e. The number of amides is 1. The molecule has 3 aromatic rings. The van der Waals surface area contributed by atoms with Crippen molar-refractivity contribution in [3.8, 4) is 11.5 Å². The van der Waals surface area contributed by atoms with Gasteiger partial charge in [0.15, 0.2) is 16.7 Å². The molecule has 0 spiro atoms. The van der Waals surface area contributed by atoms with Crippen LogP contribution in [0.4, 0.5) is 5.69 Å². The van der Waals surface area contributed by atoms with Crippen LogP contribution in [-0.4, -0.2) is 28.0 Å². The summed E-state index contributed by atoms with van der Waals surface area (Å²) in [7, 11) is 1.96. The molecule has 0 radical (unpaired) electrons. The van der Waals surface area contributed by atoms with Gasteiger partial charge in [0.1, 0.15) is 0 Å². The standard InChI is InChI=1S/C18H16ClN3O3S/c1-22-14-4-2-11(19)8-13(14)21-18(22)26-7-6-17(23)20-12-3-5-15-16(9-12)25-10-24-15/h2-5,8-9H,6-7,10H2,1H3,(H,20,23). The fourth-order valence-corrected chi connectivity index (χ4v) is 3.80. The molecule has 134 valence electrons. The van der Waals surface area contributed by atoms with Gasteiger partial charge in [-0.2, -0.15) is 0 Å². The number of hydrogen-bond donors (Lipinski definition) is 1. The van der Waals surface area contributed by atoms with Gasteiger partial charge < -0.3 is 19.4 Å². The topological polar surface area (TPSA) is 65.4 Å². The molecule has 0 saturated heterocycles. The quantitative estimate of drug-likeness (QED) is 0.666. The lowest BCUT2D eigenvalue weighted by molar-refractivity contribution is -0.115. The minimum absolute atomic E-state index is 0.0572. The SMILES string of the molecule is Cn1c(SCCC(=O)Nc2ccc3c(c2)OCO3)nc2cc(Cl)ccc21. The molecule has 26 heavy (non-hydrogen) atoms. The van der Waals surface area contributed by atoms with E-state index in [2.05, 4.69) is 10.3 Å². The van der Waals surface area contributed by atoms with Crippen LogP contribution in [0.2, 0.25) is 5.02 Å². The van der Waals surface area contributed by atoms with E-state index in [0.717, 1.165) is 16.2 Å². The van der Waals surface area contributed by atoms with Crippen LogP contribution in [0.3, 0.4) is 0 Å². The Bertz CT molecular complexity index is 989. The van der Waals surface area contributed by atoms with E-state index < -0.39 is 0 Å². The first-order valence-electron chi connectivity index (χ1n) is 8.04. The van der Waals surface area contributed by atoms with Gasteiger partial charge in [-0.25, -0.2) is 4.98 Å². The van der Waals surface area contributed by atoms with E-state index in [0.29, 0.717) is 34.4 Å². The van der Waals surface area contributed by atoms with E-state index in [1.807, 2.05) is 29.8 Å². The number of thioether (sulfide) groups is 1. The predicted molar refractivity (Wildman–Crippen MR) is 102 cm³/mol. The monoisotopic (exact) mass is 389 g/mol. The number of rotatable bonds is 5. The zero-order valence-electron chi connectivity index (χ0n) is 14.0. The van der Waals surface area contributed by atoms with Crippen LogP contribution in [0, 0.1) is 0 Å². The highest BCUT2D eigenvalue weighted by Gasteiger charge is 2.14. The third-order valence-corrected chi connectivity index (χ3v) is 5.29. The Morgan fingerprint density at radius 3 is 3.00 bits per heavy atom. The first kappa shape index (κ1) is 17.1. The van der Waals surface area contributed by atoms with Gasteiger partial charge in [0.2, 0.25) is 12.7 Å². The third kappa shape index (κ3) is 3.45. The molecule has 0 bridgehead atoms. The molecular weight excluding hydrogens is 374 g/mol. The molecule has 0 unspecified atom stereocenters. The Hall–Kier alpha value is -2.38. The second-order valence-electron chi connectivity index (χ2n) is 5.80. The Balaban J connectivity index is 1.34. The molecule has 0 atom stereocenters. The van der Waals surface area contributed by atoms with Crippen molar-refractivity contribution in [1.29, 1.82) is 0 Å². The predicted octanol–water partition coefficient (Wildman–Crippen LogP) is 4.08. The van der Waals surface area contributed by atoms with Gasteiger partial charge in [-0.15, -0.1) is 0 Å². The number of nitrogens with zero attached hydrogens (tertiary/aromatic N) is 2. The highest BCUT2D eigenvalue weighted by Crippen LogP contribution is 2.34. The summed E-state index contributed by atoms with van der Waals surface area (Å²) in [5.41, 5.74) is 2.57. The van der Waals surface area contributed by atoms with Crippen molar-refractivity contribution in [3.05, 3.63) is 41.4 Å². The molecule has 1 aliphatic heterocycles. The number of benzene rings is 2. The summed E-state index contributed by atoms with van der Waals surface area (Å²) in [5.74, 6) is 1.91. The number of halogens is 1. The summed E-state index contributed by atoms with van der Waals surface area (Å²) in [6.45, 7) is 0.215. The van der Waals surface area contributed by atoms with Crippen molar-refractivity contribution >= 4 is 46.0 Å². The van der Waals surface area contributed by atoms with E-state index in [9.17, 15) is 4.79 Å². The average molecular weight is 390 g/mol. The van der Waals surface area contributed by atoms with Gasteiger partial charge in [0.05, 0.1) is 11.0 Å². The molecule has 1 aliphatic rings. The average Bonchev–Trinajstić information content (AvgIpc) is 3.19. The molecule has 2 heterocycles. The molecule has 1 amide bonds. The molecule has 0 aliphatic carbocycles. The fraction of sp³-hybridized carbons (Fsp3) is 0.222. The van der Waals surface area contributed by atoms with E-state index in [-0.39, 0.29) is 12.7 Å². The second-order valence-corrected chi connectivity index (χ2v) is 7.30. The van der Waals surface area contributed by atoms with Gasteiger partial charge in [-0.3, -0.25) is 4.79 Å². The molecule has 1 aromatic heterocycles. The normalized spacial score (nSPS) is 12.5. The van der Waals surface area contributed by atoms with Crippen LogP contribution in [0.15, 0.2) is 41.6 Å². The van der Waals surface area contributed by atoms with Crippen LogP contribution < -0.4 is 14.8 Å². The van der Waals surface area contributed by atoms with Crippen molar-refractivity contribution in [2.24, 2.45) is 7.05 Å². The number of aryl methyl sites for hydroxylation is 1. The van der Waals surface area contributed by atoms with Gasteiger partial charge in [-0.1, -0.05) is 23.4 Å². The summed E-state index contributed by atoms with van der Waals surface area (Å²) in [6.07, 6.45) is 0.378. The lowest BCUT2D eigenvalue weighted by Gasteiger charge is -2.06. The number of carbonyl (C=O) groups is 1. The Morgan fingerprint density at radius 2 is 2.12 bits per heavy atom. The van der Waals surface area contributed by atoms with Crippen LogP contribution >= 0.6 is 23.4 Å². The van der Waals surface area contributed by atoms with E-state index in [4.69, 9.17) is 21.1 Å². The zero-order valence-corrected chi connectivity index (χ0v) is 15.6. The first-order chi connectivity index (χ1) is 12.6. The molecule has 0 saturated carbocycles. The van der Waals surface area contributed by atoms with E-state index in [1.165, 1.54) is 0 Å². The highest BCUT2D eigenvalue weighted by molar-refractivity contribution is 7.99. The number of aromatic nitrogens is 2. The fourth-order valence-electron chi connectivity index (χ4n) is 2.71. The number of anilines is 1. The lowest BCUT2D eigenvalue weighted by Crippen LogP contribution is -2.12. The molecule has 1 N–H and O–H groups in total. The minimum Gasteiger partial charge on any atom is -0.454 e. The van der Waals surface area contributed by atoms with Crippen LogP contribution in [0.5, 0.6) is 11.5 Å². The number of carbonyl (C=O) groups excluding carboxylic acids is 1. The van der Waals surface area contributed by atoms with E-state index in [1.54, 1.807) is 30.0 Å². The number of imidazole rings is 1. The van der Waals surface area contributed by atoms with Crippen LogP contribution in [0.1, 0.15) is 6.42 Å². The van der Waals surface area contributed by atoms with E-state index >= 15 is 0 Å². The first-order valence-corrected chi connectivity index (χ1v) is 9.41. The number of fused-ring (bicyclic) bond motifs is 2. The Labute approximate surface area is 159 Å². The smallest absolute Gasteiger partial charge is 0.231 e. The molecule has 8 heteroatoms. The maximum absolute atomic E-state index is 12.2. The molecule has 6 nitrogen and oxygen atoms in total. The summed E-state index contributed by atoms with van der Waals surface area (Å²) in [6, 6.07) is 11.0. The summed E-state index contributed by atoms with van der Waals surface area (Å²) < 4.78 is 12.6. The highest BCUT2D eigenvalue weighted by atomic mass is 35.5. The second kappa shape index (κ2) is 7.09. The largest absolute Gasteiger partial charge is 0.454 e. The number of nitrogens with one attached hydrogen (secondary N) is 1. The van der Waals surface area contributed by atoms with Gasteiger partial charge in [0.25, 0.3) is 0 Å². The van der Waals surface area contributed by atoms with Crippen molar-refractivity contribution in [2.45, 2.75) is 11.6 Å². The molecule has 0 fully saturated rings. The number of ether oxygens (including phenoxy) is 2. The van der Waals surface area contributed by atoms with Gasteiger partial charge in [-0.05, 0) is 30.3 Å². The third-order valence-electron chi connectivity index (χ3n) is 4.02. The van der Waals surface area contributed by atoms with Crippen LogP contribution in [-0.2, 0) is 11.8 Å². The van der Waals surface area contributed by atoms with Crippen molar-refractivity contribution in [2.75, 3.05) is 17.9 Å². The Morgan fingerprint density at radius 1 is 1.27 bits per heavy atom. The van der Waals surface area contributed by atoms with Crippen molar-refractivity contribution in [3.63, 3.8) is 0 Å². The van der Waals surface area contributed by atoms with Crippen molar-refractivity contribution < 1.29 is 14.3 Å². The minimum atomic E-state index is -0.0572. The summed E-state index contributed by atoms with van der Waals surface area (Å²) in [4.78, 5) is 16.7. The van der Waals surface area contributed by atoms with Crippen LogP contribution in [0.25, 0.3) is 11.0 Å². The summed E-state index contributed by atoms with van der Waals surface area (Å²) in [5, 5.41) is 4.40. The molecular formula is C18H16ClN3O3S. The molecule has 4 rings (SSSR count). The van der Waals surface area contributed by atoms with Gasteiger partial charge >= 0.3 is 0 Å². The lowest BCUT2D eigenvalue weighted by atomic mass is 10.2. The van der Waals surface area contributed by atoms with Crippen molar-refractivity contribution in [1.82, 2.24) is 9.55 Å². The number of hydrogen-bond acceptors (Lipinski definition) is 5. The van der Waals surface area contributed by atoms with Gasteiger partial charge in [0, 0.05) is 36.0 Å². The Kier molecular flexibility index (Phi) is 4.65. The summed E-state index contributed by atoms with van der Waals surface area (Å²) >= 11 is 7.55. The zero-order chi connectivity index (χ0) is 18.1. The molecule has 2 aromatic carbocycles. The maximum atomic E-state index is 12.2.